The molecule has 2 N–H and O–H groups in total. The summed E-state index contributed by atoms with van der Waals surface area (Å²) in [7, 11) is 0. The van der Waals surface area contributed by atoms with Crippen LogP contribution < -0.4 is 5.73 Å². The first-order valence-electron chi connectivity index (χ1n) is 6.34. The van der Waals surface area contributed by atoms with Crippen molar-refractivity contribution in [1.29, 1.82) is 0 Å². The molecule has 1 heterocycles. The van der Waals surface area contributed by atoms with E-state index < -0.39 is 0 Å². The molecule has 21 heavy (non-hydrogen) atoms. The number of hydrogen-bond acceptors (Lipinski definition) is 3. The van der Waals surface area contributed by atoms with Crippen LogP contribution in [0.1, 0.15) is 5.56 Å². The molecule has 0 unspecified atom stereocenters. The van der Waals surface area contributed by atoms with Crippen molar-refractivity contribution in [1.82, 2.24) is 5.16 Å². The van der Waals surface area contributed by atoms with Crippen molar-refractivity contribution in [3.8, 4) is 22.4 Å². The first-order valence-corrected chi connectivity index (χ1v) is 7.09. The van der Waals surface area contributed by atoms with E-state index in [1.165, 1.54) is 5.56 Å². The molecule has 0 saturated carbocycles. The Kier molecular flexibility index (Phi) is 3.62. The summed E-state index contributed by atoms with van der Waals surface area (Å²) in [5, 5.41) is 5.12. The molecule has 0 atom stereocenters. The molecule has 0 saturated heterocycles. The van der Waals surface area contributed by atoms with Crippen LogP contribution in [-0.2, 0) is 0 Å². The Morgan fingerprint density at radius 3 is 2.43 bits per heavy atom. The molecule has 2 aromatic carbocycles. The number of anilines is 1. The van der Waals surface area contributed by atoms with E-state index in [1.807, 2.05) is 31.2 Å². The Bertz CT molecular complexity index is 795. The lowest BCUT2D eigenvalue weighted by molar-refractivity contribution is 0.439. The fourth-order valence-electron chi connectivity index (χ4n) is 2.17. The third-order valence-corrected chi connectivity index (χ3v) is 3.79. The molecular weight excluding hydrogens is 307 g/mol. The smallest absolute Gasteiger partial charge is 0.230 e. The Labute approximate surface area is 132 Å². The van der Waals surface area contributed by atoms with Gasteiger partial charge in [-0.2, -0.15) is 0 Å². The Hall–Kier alpha value is -1.97. The van der Waals surface area contributed by atoms with Crippen LogP contribution in [0.2, 0.25) is 10.0 Å². The van der Waals surface area contributed by atoms with Crippen LogP contribution in [0.5, 0.6) is 0 Å². The van der Waals surface area contributed by atoms with Gasteiger partial charge in [-0.25, -0.2) is 0 Å². The minimum atomic E-state index is 0.264. The van der Waals surface area contributed by atoms with E-state index >= 15 is 0 Å². The molecule has 0 fully saturated rings. The second kappa shape index (κ2) is 5.43. The molecule has 1 aromatic heterocycles. The first kappa shape index (κ1) is 14.0. The van der Waals surface area contributed by atoms with Gasteiger partial charge in [0.25, 0.3) is 0 Å². The molecule has 3 nitrogen and oxygen atoms in total. The van der Waals surface area contributed by atoms with Gasteiger partial charge in [-0.05, 0) is 30.7 Å². The van der Waals surface area contributed by atoms with Crippen molar-refractivity contribution in [2.45, 2.75) is 6.92 Å². The summed E-state index contributed by atoms with van der Waals surface area (Å²) in [5.74, 6) is 0.264. The quantitative estimate of drug-likeness (QED) is 0.706. The van der Waals surface area contributed by atoms with E-state index in [4.69, 9.17) is 33.5 Å². The zero-order chi connectivity index (χ0) is 15.0. The molecule has 0 radical (unpaired) electrons. The van der Waals surface area contributed by atoms with Gasteiger partial charge in [0.1, 0.15) is 5.69 Å². The minimum Gasteiger partial charge on any atom is -0.367 e. The van der Waals surface area contributed by atoms with Crippen LogP contribution in [0.25, 0.3) is 22.4 Å². The number of aryl methyl sites for hydroxylation is 1. The summed E-state index contributed by atoms with van der Waals surface area (Å²) in [6, 6.07) is 13.2. The van der Waals surface area contributed by atoms with Gasteiger partial charge < -0.3 is 10.3 Å². The van der Waals surface area contributed by atoms with Crippen molar-refractivity contribution in [3.63, 3.8) is 0 Å². The lowest BCUT2D eigenvalue weighted by Gasteiger charge is -2.05. The normalized spacial score (nSPS) is 10.8. The summed E-state index contributed by atoms with van der Waals surface area (Å²) in [5.41, 5.74) is 10.1. The molecule has 0 spiro atoms. The summed E-state index contributed by atoms with van der Waals surface area (Å²) in [6.07, 6.45) is 0. The molecule has 0 amide bonds. The fraction of sp³-hybridized carbons (Fsp3) is 0.0625. The van der Waals surface area contributed by atoms with Gasteiger partial charge in [0.15, 0.2) is 0 Å². The highest BCUT2D eigenvalue weighted by Gasteiger charge is 2.19. The van der Waals surface area contributed by atoms with E-state index in [0.717, 1.165) is 16.7 Å². The number of halogens is 2. The number of benzene rings is 2. The lowest BCUT2D eigenvalue weighted by Crippen LogP contribution is -1.88. The number of rotatable bonds is 2. The second-order valence-corrected chi connectivity index (χ2v) is 5.60. The third-order valence-electron chi connectivity index (χ3n) is 3.24. The van der Waals surface area contributed by atoms with Gasteiger partial charge in [0.2, 0.25) is 5.88 Å². The average Bonchev–Trinajstić information content (AvgIpc) is 2.82. The molecule has 0 bridgehead atoms. The summed E-state index contributed by atoms with van der Waals surface area (Å²) < 4.78 is 5.16. The van der Waals surface area contributed by atoms with Crippen molar-refractivity contribution in [2.24, 2.45) is 0 Å². The van der Waals surface area contributed by atoms with Crippen LogP contribution in [0.4, 0.5) is 5.88 Å². The standard InChI is InChI=1S/C16H12Cl2N2O/c1-9-2-4-10(5-3-9)14-15(20-21-16(14)19)12-7-6-11(17)8-13(12)18/h2-8H,19H2,1H3. The SMILES string of the molecule is Cc1ccc(-c2c(-c3ccc(Cl)cc3Cl)noc2N)cc1. The minimum absolute atomic E-state index is 0.264. The second-order valence-electron chi connectivity index (χ2n) is 4.76. The molecule has 106 valence electrons. The maximum Gasteiger partial charge on any atom is 0.230 e. The number of hydrogen-bond donors (Lipinski definition) is 1. The zero-order valence-corrected chi connectivity index (χ0v) is 12.7. The highest BCUT2D eigenvalue weighted by molar-refractivity contribution is 6.36. The molecule has 0 aliphatic rings. The molecule has 0 aliphatic carbocycles. The van der Waals surface area contributed by atoms with Crippen molar-refractivity contribution in [2.75, 3.05) is 5.73 Å². The van der Waals surface area contributed by atoms with Gasteiger partial charge in [0, 0.05) is 10.6 Å². The molecule has 5 heteroatoms. The van der Waals surface area contributed by atoms with Crippen LogP contribution in [0, 0.1) is 6.92 Å². The maximum atomic E-state index is 6.25. The van der Waals surface area contributed by atoms with Gasteiger partial charge in [0.05, 0.1) is 10.6 Å². The topological polar surface area (TPSA) is 52.0 Å². The first-order chi connectivity index (χ1) is 10.1. The van der Waals surface area contributed by atoms with Crippen molar-refractivity contribution >= 4 is 29.1 Å². The Balaban J connectivity index is 2.19. The lowest BCUT2D eigenvalue weighted by atomic mass is 10.00. The molecule has 3 aromatic rings. The van der Waals surface area contributed by atoms with Crippen LogP contribution in [0.15, 0.2) is 47.0 Å². The monoisotopic (exact) mass is 318 g/mol. The number of aromatic nitrogens is 1. The summed E-state index contributed by atoms with van der Waals surface area (Å²) >= 11 is 12.2. The van der Waals surface area contributed by atoms with Crippen LogP contribution in [0.3, 0.4) is 0 Å². The number of nitrogens with two attached hydrogens (primary N) is 1. The van der Waals surface area contributed by atoms with E-state index in [1.54, 1.807) is 18.2 Å². The maximum absolute atomic E-state index is 6.25. The summed E-state index contributed by atoms with van der Waals surface area (Å²) in [4.78, 5) is 0. The zero-order valence-electron chi connectivity index (χ0n) is 11.2. The Morgan fingerprint density at radius 2 is 1.76 bits per heavy atom. The van der Waals surface area contributed by atoms with E-state index in [0.29, 0.717) is 15.7 Å². The van der Waals surface area contributed by atoms with Gasteiger partial charge >= 0.3 is 0 Å². The highest BCUT2D eigenvalue weighted by atomic mass is 35.5. The third kappa shape index (κ3) is 2.62. The van der Waals surface area contributed by atoms with Gasteiger partial charge in [-0.1, -0.05) is 58.2 Å². The van der Waals surface area contributed by atoms with Gasteiger partial charge in [-0.3, -0.25) is 0 Å². The largest absolute Gasteiger partial charge is 0.367 e. The number of nitrogen functional groups attached to an aromatic ring is 1. The highest BCUT2D eigenvalue weighted by Crippen LogP contribution is 2.39. The fourth-order valence-corrected chi connectivity index (χ4v) is 2.67. The van der Waals surface area contributed by atoms with Crippen molar-refractivity contribution < 1.29 is 4.52 Å². The van der Waals surface area contributed by atoms with Crippen molar-refractivity contribution in [3.05, 3.63) is 58.1 Å². The Morgan fingerprint density at radius 1 is 1.05 bits per heavy atom. The molecular formula is C16H12Cl2N2O. The van der Waals surface area contributed by atoms with E-state index in [2.05, 4.69) is 5.16 Å². The number of nitrogens with zero attached hydrogens (tertiary/aromatic N) is 1. The molecule has 0 aliphatic heterocycles. The summed E-state index contributed by atoms with van der Waals surface area (Å²) in [6.45, 7) is 2.03. The van der Waals surface area contributed by atoms with Crippen LogP contribution >= 0.6 is 23.2 Å². The average molecular weight is 319 g/mol. The molecule has 3 rings (SSSR count). The predicted molar refractivity (Wildman–Crippen MR) is 86.5 cm³/mol. The van der Waals surface area contributed by atoms with E-state index in [-0.39, 0.29) is 5.88 Å². The van der Waals surface area contributed by atoms with Crippen LogP contribution in [-0.4, -0.2) is 5.16 Å². The van der Waals surface area contributed by atoms with E-state index in [9.17, 15) is 0 Å². The van der Waals surface area contributed by atoms with Gasteiger partial charge in [-0.15, -0.1) is 0 Å². The predicted octanol–water partition coefficient (Wildman–Crippen LogP) is 5.21.